The molecule has 0 bridgehead atoms. The summed E-state index contributed by atoms with van der Waals surface area (Å²) in [7, 11) is 0. The number of carbonyl (C=O) groups is 4. The fourth-order valence-corrected chi connectivity index (χ4v) is 1.34. The van der Waals surface area contributed by atoms with Gasteiger partial charge in [-0.2, -0.15) is 0 Å². The van der Waals surface area contributed by atoms with Crippen LogP contribution in [0.1, 0.15) is 32.1 Å². The van der Waals surface area contributed by atoms with Crippen molar-refractivity contribution in [2.45, 2.75) is 32.1 Å². The molecule has 0 aromatic carbocycles. The second kappa shape index (κ2) is 9.86. The third-order valence-corrected chi connectivity index (χ3v) is 2.31. The Morgan fingerprint density at radius 1 is 0.632 bits per heavy atom. The SMILES string of the molecule is O=C(O)C(=O)NCCCCCCCNC(=O)C(=O)O. The molecule has 0 aliphatic heterocycles. The predicted octanol–water partition coefficient (Wildman–Crippen LogP) is -0.661. The summed E-state index contributed by atoms with van der Waals surface area (Å²) in [5.41, 5.74) is 0. The van der Waals surface area contributed by atoms with Gasteiger partial charge in [-0.3, -0.25) is 9.59 Å². The van der Waals surface area contributed by atoms with Crippen molar-refractivity contribution in [2.24, 2.45) is 0 Å². The Hall–Kier alpha value is -2.12. The van der Waals surface area contributed by atoms with Gasteiger partial charge in [0.05, 0.1) is 0 Å². The molecule has 0 radical (unpaired) electrons. The number of carboxylic acids is 2. The molecule has 0 aromatic heterocycles. The maximum absolute atomic E-state index is 10.6. The summed E-state index contributed by atoms with van der Waals surface area (Å²) in [6, 6.07) is 0. The van der Waals surface area contributed by atoms with Crippen molar-refractivity contribution in [3.63, 3.8) is 0 Å². The maximum Gasteiger partial charge on any atom is 0.394 e. The lowest BCUT2D eigenvalue weighted by Crippen LogP contribution is -2.31. The van der Waals surface area contributed by atoms with Gasteiger partial charge in [-0.15, -0.1) is 0 Å². The molecule has 0 unspecified atom stereocenters. The van der Waals surface area contributed by atoms with Gasteiger partial charge < -0.3 is 20.8 Å². The molecule has 0 aliphatic rings. The highest BCUT2D eigenvalue weighted by molar-refractivity contribution is 6.31. The van der Waals surface area contributed by atoms with Crippen molar-refractivity contribution < 1.29 is 29.4 Å². The first-order chi connectivity index (χ1) is 8.95. The monoisotopic (exact) mass is 274 g/mol. The molecule has 0 fully saturated rings. The maximum atomic E-state index is 10.6. The molecule has 0 atom stereocenters. The molecule has 0 aromatic rings. The molecule has 8 heteroatoms. The van der Waals surface area contributed by atoms with E-state index >= 15 is 0 Å². The summed E-state index contributed by atoms with van der Waals surface area (Å²) in [4.78, 5) is 41.6. The molecule has 0 saturated carbocycles. The number of carbonyl (C=O) groups excluding carboxylic acids is 2. The molecule has 0 rings (SSSR count). The van der Waals surface area contributed by atoms with Crippen molar-refractivity contribution >= 4 is 23.8 Å². The van der Waals surface area contributed by atoms with Crippen LogP contribution in [0.2, 0.25) is 0 Å². The van der Waals surface area contributed by atoms with Crippen LogP contribution in [0.3, 0.4) is 0 Å². The normalized spacial score (nSPS) is 9.68. The summed E-state index contributed by atoms with van der Waals surface area (Å²) in [5.74, 6) is -4.99. The highest BCUT2D eigenvalue weighted by atomic mass is 16.4. The molecule has 108 valence electrons. The Labute approximate surface area is 110 Å². The number of unbranched alkanes of at least 4 members (excludes halogenated alkanes) is 4. The van der Waals surface area contributed by atoms with E-state index in [1.54, 1.807) is 0 Å². The van der Waals surface area contributed by atoms with Crippen LogP contribution in [0, 0.1) is 0 Å². The van der Waals surface area contributed by atoms with Crippen molar-refractivity contribution in [1.82, 2.24) is 10.6 Å². The third-order valence-electron chi connectivity index (χ3n) is 2.31. The minimum atomic E-state index is -1.49. The van der Waals surface area contributed by atoms with E-state index in [0.717, 1.165) is 19.3 Å². The molecule has 4 N–H and O–H groups in total. The molecular formula is C11H18N2O6. The first kappa shape index (κ1) is 16.9. The van der Waals surface area contributed by atoms with Crippen LogP contribution in [0.4, 0.5) is 0 Å². The largest absolute Gasteiger partial charge is 0.474 e. The van der Waals surface area contributed by atoms with E-state index in [-0.39, 0.29) is 0 Å². The fourth-order valence-electron chi connectivity index (χ4n) is 1.34. The van der Waals surface area contributed by atoms with Crippen LogP contribution in [0.15, 0.2) is 0 Å². The zero-order valence-electron chi connectivity index (χ0n) is 10.5. The zero-order chi connectivity index (χ0) is 14.7. The van der Waals surface area contributed by atoms with Crippen LogP contribution in [-0.4, -0.2) is 47.1 Å². The fraction of sp³-hybridized carbons (Fsp3) is 0.636. The number of rotatable bonds is 8. The summed E-state index contributed by atoms with van der Waals surface area (Å²) in [6.45, 7) is 0.641. The molecule has 19 heavy (non-hydrogen) atoms. The molecule has 8 nitrogen and oxygen atoms in total. The topological polar surface area (TPSA) is 133 Å². The van der Waals surface area contributed by atoms with E-state index in [1.807, 2.05) is 0 Å². The van der Waals surface area contributed by atoms with E-state index < -0.39 is 23.8 Å². The standard InChI is InChI=1S/C11H18N2O6/c14-8(10(16)17)12-6-4-2-1-3-5-7-13-9(15)11(18)19/h1-7H2,(H,12,14)(H,13,15)(H,16,17)(H,18,19). The number of hydrogen-bond donors (Lipinski definition) is 4. The Balaban J connectivity index is 3.28. The van der Waals surface area contributed by atoms with Gasteiger partial charge in [-0.1, -0.05) is 19.3 Å². The molecule has 0 saturated heterocycles. The first-order valence-electron chi connectivity index (χ1n) is 5.97. The lowest BCUT2D eigenvalue weighted by Gasteiger charge is -2.03. The minimum Gasteiger partial charge on any atom is -0.474 e. The predicted molar refractivity (Wildman–Crippen MR) is 64.4 cm³/mol. The Kier molecular flexibility index (Phi) is 8.76. The summed E-state index contributed by atoms with van der Waals surface area (Å²) in [5, 5.41) is 21.1. The van der Waals surface area contributed by atoms with Gasteiger partial charge in [0, 0.05) is 13.1 Å². The van der Waals surface area contributed by atoms with Gasteiger partial charge in [-0.05, 0) is 12.8 Å². The van der Waals surface area contributed by atoms with Crippen molar-refractivity contribution in [3.8, 4) is 0 Å². The molecule has 0 aliphatic carbocycles. The van der Waals surface area contributed by atoms with Gasteiger partial charge >= 0.3 is 23.8 Å². The third kappa shape index (κ3) is 9.57. The number of hydrogen-bond acceptors (Lipinski definition) is 4. The van der Waals surface area contributed by atoms with Gasteiger partial charge in [0.2, 0.25) is 0 Å². The van der Waals surface area contributed by atoms with Crippen LogP contribution in [0.25, 0.3) is 0 Å². The molecular weight excluding hydrogens is 256 g/mol. The van der Waals surface area contributed by atoms with E-state index in [9.17, 15) is 19.2 Å². The number of amides is 2. The Morgan fingerprint density at radius 2 is 0.947 bits per heavy atom. The smallest absolute Gasteiger partial charge is 0.394 e. The lowest BCUT2D eigenvalue weighted by atomic mass is 10.1. The molecule has 2 amide bonds. The van der Waals surface area contributed by atoms with Crippen LogP contribution < -0.4 is 10.6 Å². The number of nitrogens with one attached hydrogen (secondary N) is 2. The summed E-state index contributed by atoms with van der Waals surface area (Å²) >= 11 is 0. The highest BCUT2D eigenvalue weighted by Gasteiger charge is 2.09. The second-order valence-corrected chi connectivity index (χ2v) is 3.89. The van der Waals surface area contributed by atoms with Gasteiger partial charge in [0.15, 0.2) is 0 Å². The quantitative estimate of drug-likeness (QED) is 0.343. The van der Waals surface area contributed by atoms with E-state index in [4.69, 9.17) is 10.2 Å². The number of carboxylic acid groups (broad SMARTS) is 2. The first-order valence-corrected chi connectivity index (χ1v) is 5.97. The van der Waals surface area contributed by atoms with Gasteiger partial charge in [0.1, 0.15) is 0 Å². The van der Waals surface area contributed by atoms with Crippen LogP contribution >= 0.6 is 0 Å². The Bertz CT molecular complexity index is 310. The average Bonchev–Trinajstić information content (AvgIpc) is 2.35. The number of aliphatic carboxylic acids is 2. The summed E-state index contributed by atoms with van der Waals surface area (Å²) < 4.78 is 0. The van der Waals surface area contributed by atoms with Crippen LogP contribution in [0.5, 0.6) is 0 Å². The van der Waals surface area contributed by atoms with E-state index in [0.29, 0.717) is 25.9 Å². The average molecular weight is 274 g/mol. The second-order valence-electron chi connectivity index (χ2n) is 3.89. The van der Waals surface area contributed by atoms with E-state index in [2.05, 4.69) is 10.6 Å². The lowest BCUT2D eigenvalue weighted by molar-refractivity contribution is -0.150. The minimum absolute atomic E-state index is 0.320. The van der Waals surface area contributed by atoms with E-state index in [1.165, 1.54) is 0 Å². The van der Waals surface area contributed by atoms with Crippen molar-refractivity contribution in [2.75, 3.05) is 13.1 Å². The van der Waals surface area contributed by atoms with Gasteiger partial charge in [0.25, 0.3) is 0 Å². The van der Waals surface area contributed by atoms with Crippen molar-refractivity contribution in [1.29, 1.82) is 0 Å². The summed E-state index contributed by atoms with van der Waals surface area (Å²) in [6.07, 6.45) is 3.88. The zero-order valence-corrected chi connectivity index (χ0v) is 10.5. The Morgan fingerprint density at radius 3 is 1.26 bits per heavy atom. The van der Waals surface area contributed by atoms with Gasteiger partial charge in [-0.25, -0.2) is 9.59 Å². The van der Waals surface area contributed by atoms with Crippen LogP contribution in [-0.2, 0) is 19.2 Å². The molecule has 0 spiro atoms. The van der Waals surface area contributed by atoms with Crippen molar-refractivity contribution in [3.05, 3.63) is 0 Å². The highest BCUT2D eigenvalue weighted by Crippen LogP contribution is 2.01. The molecule has 0 heterocycles.